The van der Waals surface area contributed by atoms with Crippen molar-refractivity contribution in [2.45, 2.75) is 50.6 Å². The van der Waals surface area contributed by atoms with Gasteiger partial charge in [-0.2, -0.15) is 18.2 Å². The van der Waals surface area contributed by atoms with Gasteiger partial charge in [-0.15, -0.1) is 0 Å². The van der Waals surface area contributed by atoms with Crippen molar-refractivity contribution in [1.82, 2.24) is 9.97 Å². The zero-order valence-electron chi connectivity index (χ0n) is 17.2. The molecular formula is C21H26F3N5O2. The highest BCUT2D eigenvalue weighted by molar-refractivity contribution is 5.61. The molecule has 0 radical (unpaired) electrons. The Labute approximate surface area is 178 Å². The number of aliphatic hydroxyl groups is 2. The molecule has 2 fully saturated rings. The average Bonchev–Trinajstić information content (AvgIpc) is 3.13. The standard InChI is InChI=1S/C21H26F3N5O2/c1-13-3-2-8-29(13)19-18(21(22,23)24)10-25-20(27-19)26-14-4-6-15(7-5-14)28-11-16(30)9-17(31)12-28/h4-7,10,13,16-17,30-31H,2-3,8-9,11-12H2,1H3,(H,25,26,27)/t13?,16-,17+. The Morgan fingerprint density at radius 2 is 1.77 bits per heavy atom. The van der Waals surface area contributed by atoms with Crippen LogP contribution in [0.15, 0.2) is 30.5 Å². The summed E-state index contributed by atoms with van der Waals surface area (Å²) in [5.41, 5.74) is 0.634. The number of piperidine rings is 1. The molecule has 2 aliphatic rings. The third-order valence-electron chi connectivity index (χ3n) is 5.79. The van der Waals surface area contributed by atoms with Gasteiger partial charge in [-0.25, -0.2) is 4.98 Å². The molecule has 1 unspecified atom stereocenters. The van der Waals surface area contributed by atoms with Gasteiger partial charge in [0.2, 0.25) is 5.95 Å². The molecule has 7 nitrogen and oxygen atoms in total. The number of aromatic nitrogens is 2. The van der Waals surface area contributed by atoms with E-state index in [0.29, 0.717) is 31.7 Å². The fourth-order valence-corrected chi connectivity index (χ4v) is 4.24. The van der Waals surface area contributed by atoms with Crippen LogP contribution in [-0.4, -0.2) is 58.1 Å². The van der Waals surface area contributed by atoms with E-state index >= 15 is 0 Å². The van der Waals surface area contributed by atoms with Crippen molar-refractivity contribution in [3.05, 3.63) is 36.0 Å². The van der Waals surface area contributed by atoms with Crippen molar-refractivity contribution in [2.24, 2.45) is 0 Å². The molecule has 2 saturated heterocycles. The lowest BCUT2D eigenvalue weighted by molar-refractivity contribution is -0.137. The van der Waals surface area contributed by atoms with E-state index in [1.807, 2.05) is 24.0 Å². The van der Waals surface area contributed by atoms with E-state index in [0.717, 1.165) is 24.7 Å². The molecule has 0 spiro atoms. The van der Waals surface area contributed by atoms with Gasteiger partial charge >= 0.3 is 6.18 Å². The maximum atomic E-state index is 13.5. The smallest absolute Gasteiger partial charge is 0.391 e. The summed E-state index contributed by atoms with van der Waals surface area (Å²) in [6, 6.07) is 7.16. The number of nitrogens with zero attached hydrogens (tertiary/aromatic N) is 4. The second-order valence-corrected chi connectivity index (χ2v) is 8.23. The number of halogens is 3. The number of rotatable bonds is 4. The van der Waals surface area contributed by atoms with E-state index in [1.54, 1.807) is 17.0 Å². The lowest BCUT2D eigenvalue weighted by Crippen LogP contribution is -2.45. The highest BCUT2D eigenvalue weighted by Crippen LogP contribution is 2.38. The summed E-state index contributed by atoms with van der Waals surface area (Å²) in [6.07, 6.45) is -2.86. The van der Waals surface area contributed by atoms with Crippen molar-refractivity contribution in [3.8, 4) is 0 Å². The summed E-state index contributed by atoms with van der Waals surface area (Å²) in [7, 11) is 0. The molecule has 0 saturated carbocycles. The van der Waals surface area contributed by atoms with Crippen LogP contribution >= 0.6 is 0 Å². The van der Waals surface area contributed by atoms with Crippen molar-refractivity contribution in [3.63, 3.8) is 0 Å². The SMILES string of the molecule is CC1CCCN1c1nc(Nc2ccc(N3C[C@H](O)C[C@H](O)C3)cc2)ncc1C(F)(F)F. The lowest BCUT2D eigenvalue weighted by Gasteiger charge is -2.35. The molecule has 2 aliphatic heterocycles. The van der Waals surface area contributed by atoms with Crippen molar-refractivity contribution in [1.29, 1.82) is 0 Å². The molecule has 0 bridgehead atoms. The van der Waals surface area contributed by atoms with E-state index in [-0.39, 0.29) is 17.8 Å². The van der Waals surface area contributed by atoms with E-state index in [4.69, 9.17) is 0 Å². The number of hydrogen-bond acceptors (Lipinski definition) is 7. The number of β-amino-alcohol motifs (C(OH)–C–C–N with tert-alkyl or cyclic N) is 2. The Hall–Kier alpha value is -2.59. The minimum atomic E-state index is -4.53. The average molecular weight is 437 g/mol. The second kappa shape index (κ2) is 8.51. The lowest BCUT2D eigenvalue weighted by atomic mass is 10.0. The molecule has 3 N–H and O–H groups in total. The van der Waals surface area contributed by atoms with Gasteiger partial charge in [-0.05, 0) is 44.0 Å². The number of alkyl halides is 3. The Morgan fingerprint density at radius 1 is 1.10 bits per heavy atom. The number of aliphatic hydroxyl groups excluding tert-OH is 2. The molecule has 1 aromatic carbocycles. The van der Waals surface area contributed by atoms with Gasteiger partial charge in [-0.3, -0.25) is 0 Å². The highest BCUT2D eigenvalue weighted by atomic mass is 19.4. The molecule has 1 aromatic heterocycles. The molecule has 3 atom stereocenters. The Kier molecular flexibility index (Phi) is 5.94. The first kappa shape index (κ1) is 21.6. The number of nitrogens with one attached hydrogen (secondary N) is 1. The maximum Gasteiger partial charge on any atom is 0.421 e. The number of anilines is 4. The molecular weight excluding hydrogens is 411 g/mol. The van der Waals surface area contributed by atoms with Crippen LogP contribution in [-0.2, 0) is 6.18 Å². The van der Waals surface area contributed by atoms with Crippen LogP contribution in [0.25, 0.3) is 0 Å². The van der Waals surface area contributed by atoms with Gasteiger partial charge in [0.25, 0.3) is 0 Å². The van der Waals surface area contributed by atoms with Crippen LogP contribution in [0, 0.1) is 0 Å². The molecule has 10 heteroatoms. The van der Waals surface area contributed by atoms with Crippen molar-refractivity contribution in [2.75, 3.05) is 34.8 Å². The fraction of sp³-hybridized carbons (Fsp3) is 0.524. The molecule has 0 amide bonds. The normalized spacial score (nSPS) is 24.5. The summed E-state index contributed by atoms with van der Waals surface area (Å²) >= 11 is 0. The first-order valence-electron chi connectivity index (χ1n) is 10.4. The van der Waals surface area contributed by atoms with Gasteiger partial charge in [0.1, 0.15) is 11.4 Å². The highest BCUT2D eigenvalue weighted by Gasteiger charge is 2.38. The molecule has 3 heterocycles. The van der Waals surface area contributed by atoms with Crippen LogP contribution in [0.4, 0.5) is 36.3 Å². The van der Waals surface area contributed by atoms with Gasteiger partial charge in [0.05, 0.1) is 12.2 Å². The van der Waals surface area contributed by atoms with E-state index in [2.05, 4.69) is 15.3 Å². The van der Waals surface area contributed by atoms with Gasteiger partial charge in [0.15, 0.2) is 0 Å². The monoisotopic (exact) mass is 437 g/mol. The first-order valence-corrected chi connectivity index (χ1v) is 10.4. The van der Waals surface area contributed by atoms with Crippen LogP contribution < -0.4 is 15.1 Å². The predicted octanol–water partition coefficient (Wildman–Crippen LogP) is 3.16. The van der Waals surface area contributed by atoms with Crippen LogP contribution in [0.1, 0.15) is 31.7 Å². The zero-order chi connectivity index (χ0) is 22.2. The summed E-state index contributed by atoms with van der Waals surface area (Å²) in [6.45, 7) is 3.30. The molecule has 31 heavy (non-hydrogen) atoms. The zero-order valence-corrected chi connectivity index (χ0v) is 17.2. The second-order valence-electron chi connectivity index (χ2n) is 8.23. The number of benzene rings is 1. The van der Waals surface area contributed by atoms with Crippen LogP contribution in [0.2, 0.25) is 0 Å². The summed E-state index contributed by atoms with van der Waals surface area (Å²) < 4.78 is 40.5. The number of hydrogen-bond donors (Lipinski definition) is 3. The largest absolute Gasteiger partial charge is 0.421 e. The van der Waals surface area contributed by atoms with Crippen molar-refractivity contribution < 1.29 is 23.4 Å². The third-order valence-corrected chi connectivity index (χ3v) is 5.79. The fourth-order valence-electron chi connectivity index (χ4n) is 4.24. The van der Waals surface area contributed by atoms with E-state index in [9.17, 15) is 23.4 Å². The first-order chi connectivity index (χ1) is 14.7. The van der Waals surface area contributed by atoms with E-state index < -0.39 is 23.9 Å². The summed E-state index contributed by atoms with van der Waals surface area (Å²) in [5.74, 6) is 0.00146. The van der Waals surface area contributed by atoms with E-state index in [1.165, 1.54) is 0 Å². The molecule has 0 aliphatic carbocycles. The summed E-state index contributed by atoms with van der Waals surface area (Å²) in [4.78, 5) is 11.7. The predicted molar refractivity (Wildman–Crippen MR) is 112 cm³/mol. The van der Waals surface area contributed by atoms with Gasteiger partial charge < -0.3 is 25.3 Å². The van der Waals surface area contributed by atoms with Crippen molar-refractivity contribution >= 4 is 23.1 Å². The third kappa shape index (κ3) is 4.85. The maximum absolute atomic E-state index is 13.5. The minimum Gasteiger partial charge on any atom is -0.391 e. The molecule has 2 aromatic rings. The van der Waals surface area contributed by atoms with Crippen LogP contribution in [0.5, 0.6) is 0 Å². The quantitative estimate of drug-likeness (QED) is 0.678. The molecule has 4 rings (SSSR count). The molecule has 168 valence electrons. The van der Waals surface area contributed by atoms with Gasteiger partial charge in [0, 0.05) is 49.7 Å². The summed E-state index contributed by atoms with van der Waals surface area (Å²) in [5, 5.41) is 22.7. The Bertz CT molecular complexity index is 899. The Morgan fingerprint density at radius 3 is 2.35 bits per heavy atom. The minimum absolute atomic E-state index is 0.0154. The van der Waals surface area contributed by atoms with Gasteiger partial charge in [-0.1, -0.05) is 0 Å². The van der Waals surface area contributed by atoms with Crippen LogP contribution in [0.3, 0.4) is 0 Å². The topological polar surface area (TPSA) is 84.8 Å². The Balaban J connectivity index is 1.54.